The van der Waals surface area contributed by atoms with Crippen molar-refractivity contribution in [1.29, 1.82) is 0 Å². The van der Waals surface area contributed by atoms with Gasteiger partial charge in [-0.15, -0.1) is 0 Å². The lowest BCUT2D eigenvalue weighted by Gasteiger charge is -2.38. The number of hydrogen-bond acceptors (Lipinski definition) is 2. The molecular formula is C14H20N2O. The van der Waals surface area contributed by atoms with Crippen molar-refractivity contribution in [2.45, 2.75) is 19.9 Å². The summed E-state index contributed by atoms with van der Waals surface area (Å²) in [5.41, 5.74) is 0.792. The van der Waals surface area contributed by atoms with Gasteiger partial charge in [0.05, 0.1) is 0 Å². The molecule has 1 unspecified atom stereocenters. The molecule has 1 aromatic carbocycles. The lowest BCUT2D eigenvalue weighted by atomic mass is 9.99. The predicted molar refractivity (Wildman–Crippen MR) is 69.0 cm³/mol. The number of benzene rings is 1. The molecule has 1 aromatic rings. The van der Waals surface area contributed by atoms with Gasteiger partial charge in [-0.2, -0.15) is 0 Å². The standard InChI is InChI=1S/C14H20N2O/c1-11(2)13-10-15-8-9-16(13)14(17)12-6-4-3-5-7-12/h3-7,11,13,15H,8-10H2,1-2H3. The zero-order valence-electron chi connectivity index (χ0n) is 10.5. The lowest BCUT2D eigenvalue weighted by Crippen LogP contribution is -2.55. The fourth-order valence-electron chi connectivity index (χ4n) is 2.32. The molecule has 0 aromatic heterocycles. The highest BCUT2D eigenvalue weighted by molar-refractivity contribution is 5.94. The minimum absolute atomic E-state index is 0.158. The molecule has 0 radical (unpaired) electrons. The molecule has 1 saturated heterocycles. The second-order valence-corrected chi connectivity index (χ2v) is 4.88. The van der Waals surface area contributed by atoms with Crippen LogP contribution in [-0.4, -0.2) is 36.5 Å². The molecule has 1 aliphatic heterocycles. The first-order chi connectivity index (χ1) is 8.20. The summed E-state index contributed by atoms with van der Waals surface area (Å²) in [7, 11) is 0. The average Bonchev–Trinajstić information content (AvgIpc) is 2.39. The third-order valence-electron chi connectivity index (χ3n) is 3.33. The fourth-order valence-corrected chi connectivity index (χ4v) is 2.32. The molecule has 0 spiro atoms. The number of amides is 1. The van der Waals surface area contributed by atoms with Crippen LogP contribution >= 0.6 is 0 Å². The quantitative estimate of drug-likeness (QED) is 0.842. The molecule has 3 nitrogen and oxygen atoms in total. The second kappa shape index (κ2) is 5.32. The molecule has 17 heavy (non-hydrogen) atoms. The third-order valence-corrected chi connectivity index (χ3v) is 3.33. The summed E-state index contributed by atoms with van der Waals surface area (Å²) in [6.07, 6.45) is 0. The number of carbonyl (C=O) groups excluding carboxylic acids is 1. The first-order valence-corrected chi connectivity index (χ1v) is 6.27. The van der Waals surface area contributed by atoms with Crippen LogP contribution in [0.4, 0.5) is 0 Å². The van der Waals surface area contributed by atoms with Crippen LogP contribution in [-0.2, 0) is 0 Å². The Labute approximate surface area is 103 Å². The Bertz CT molecular complexity index is 375. The molecule has 1 aliphatic rings. The van der Waals surface area contributed by atoms with Crippen molar-refractivity contribution in [2.75, 3.05) is 19.6 Å². The number of piperazine rings is 1. The van der Waals surface area contributed by atoms with Crippen LogP contribution in [0, 0.1) is 5.92 Å². The molecule has 1 atom stereocenters. The molecule has 1 fully saturated rings. The number of nitrogens with zero attached hydrogens (tertiary/aromatic N) is 1. The first-order valence-electron chi connectivity index (χ1n) is 6.27. The minimum atomic E-state index is 0.158. The van der Waals surface area contributed by atoms with E-state index in [-0.39, 0.29) is 5.91 Å². The van der Waals surface area contributed by atoms with Crippen molar-refractivity contribution in [3.8, 4) is 0 Å². The van der Waals surface area contributed by atoms with Crippen LogP contribution in [0.5, 0.6) is 0 Å². The zero-order valence-corrected chi connectivity index (χ0v) is 10.5. The molecule has 2 rings (SSSR count). The first kappa shape index (κ1) is 12.1. The summed E-state index contributed by atoms with van der Waals surface area (Å²) < 4.78 is 0. The minimum Gasteiger partial charge on any atom is -0.333 e. The highest BCUT2D eigenvalue weighted by atomic mass is 16.2. The summed E-state index contributed by atoms with van der Waals surface area (Å²) in [5, 5.41) is 3.36. The molecular weight excluding hydrogens is 212 g/mol. The second-order valence-electron chi connectivity index (χ2n) is 4.88. The molecule has 0 bridgehead atoms. The Hall–Kier alpha value is -1.35. The van der Waals surface area contributed by atoms with Gasteiger partial charge in [-0.3, -0.25) is 4.79 Å². The van der Waals surface area contributed by atoms with Crippen molar-refractivity contribution in [3.63, 3.8) is 0 Å². The smallest absolute Gasteiger partial charge is 0.254 e. The van der Waals surface area contributed by atoms with Crippen LogP contribution in [0.3, 0.4) is 0 Å². The Balaban J connectivity index is 2.17. The van der Waals surface area contributed by atoms with Gasteiger partial charge in [0, 0.05) is 31.2 Å². The van der Waals surface area contributed by atoms with E-state index in [2.05, 4.69) is 19.2 Å². The van der Waals surface area contributed by atoms with Crippen LogP contribution in [0.25, 0.3) is 0 Å². The number of rotatable bonds is 2. The maximum Gasteiger partial charge on any atom is 0.254 e. The van der Waals surface area contributed by atoms with E-state index < -0.39 is 0 Å². The largest absolute Gasteiger partial charge is 0.333 e. The fraction of sp³-hybridized carbons (Fsp3) is 0.500. The van der Waals surface area contributed by atoms with E-state index in [4.69, 9.17) is 0 Å². The Morgan fingerprint density at radius 1 is 1.35 bits per heavy atom. The summed E-state index contributed by atoms with van der Waals surface area (Å²) in [6, 6.07) is 9.86. The Morgan fingerprint density at radius 3 is 2.71 bits per heavy atom. The van der Waals surface area contributed by atoms with Crippen molar-refractivity contribution in [1.82, 2.24) is 10.2 Å². The van der Waals surface area contributed by atoms with E-state index in [1.165, 1.54) is 0 Å². The predicted octanol–water partition coefficient (Wildman–Crippen LogP) is 1.76. The molecule has 92 valence electrons. The maximum atomic E-state index is 12.4. The SMILES string of the molecule is CC(C)C1CNCCN1C(=O)c1ccccc1. The van der Waals surface area contributed by atoms with Crippen LogP contribution in [0.15, 0.2) is 30.3 Å². The van der Waals surface area contributed by atoms with Gasteiger partial charge >= 0.3 is 0 Å². The highest BCUT2D eigenvalue weighted by Gasteiger charge is 2.29. The summed E-state index contributed by atoms with van der Waals surface area (Å²) in [6.45, 7) is 6.93. The normalized spacial score (nSPS) is 20.6. The van der Waals surface area contributed by atoms with Gasteiger partial charge in [0.1, 0.15) is 0 Å². The van der Waals surface area contributed by atoms with Crippen molar-refractivity contribution < 1.29 is 4.79 Å². The maximum absolute atomic E-state index is 12.4. The molecule has 3 heteroatoms. The Morgan fingerprint density at radius 2 is 2.06 bits per heavy atom. The summed E-state index contributed by atoms with van der Waals surface area (Å²) in [5.74, 6) is 0.640. The van der Waals surface area contributed by atoms with Crippen molar-refractivity contribution in [3.05, 3.63) is 35.9 Å². The molecule has 0 saturated carbocycles. The van der Waals surface area contributed by atoms with E-state index in [1.54, 1.807) is 0 Å². The van der Waals surface area contributed by atoms with Gasteiger partial charge in [0.15, 0.2) is 0 Å². The number of hydrogen-bond donors (Lipinski definition) is 1. The van der Waals surface area contributed by atoms with Gasteiger partial charge in [-0.1, -0.05) is 32.0 Å². The van der Waals surface area contributed by atoms with E-state index in [0.717, 1.165) is 25.2 Å². The average molecular weight is 232 g/mol. The van der Waals surface area contributed by atoms with Gasteiger partial charge in [0.25, 0.3) is 5.91 Å². The molecule has 1 N–H and O–H groups in total. The monoisotopic (exact) mass is 232 g/mol. The van der Waals surface area contributed by atoms with Crippen molar-refractivity contribution >= 4 is 5.91 Å². The molecule has 1 amide bonds. The van der Waals surface area contributed by atoms with Crippen molar-refractivity contribution in [2.24, 2.45) is 5.92 Å². The van der Waals surface area contributed by atoms with E-state index >= 15 is 0 Å². The Kier molecular flexibility index (Phi) is 3.79. The van der Waals surface area contributed by atoms with E-state index in [9.17, 15) is 4.79 Å². The van der Waals surface area contributed by atoms with Gasteiger partial charge in [-0.05, 0) is 18.1 Å². The van der Waals surface area contributed by atoms with E-state index in [0.29, 0.717) is 12.0 Å². The van der Waals surface area contributed by atoms with E-state index in [1.807, 2.05) is 35.2 Å². The van der Waals surface area contributed by atoms with Gasteiger partial charge < -0.3 is 10.2 Å². The van der Waals surface area contributed by atoms with Gasteiger partial charge in [-0.25, -0.2) is 0 Å². The van der Waals surface area contributed by atoms with Crippen LogP contribution in [0.2, 0.25) is 0 Å². The molecule has 1 heterocycles. The van der Waals surface area contributed by atoms with Crippen LogP contribution < -0.4 is 5.32 Å². The van der Waals surface area contributed by atoms with Gasteiger partial charge in [0.2, 0.25) is 0 Å². The number of nitrogens with one attached hydrogen (secondary N) is 1. The topological polar surface area (TPSA) is 32.3 Å². The highest BCUT2D eigenvalue weighted by Crippen LogP contribution is 2.16. The lowest BCUT2D eigenvalue weighted by molar-refractivity contribution is 0.0573. The zero-order chi connectivity index (χ0) is 12.3. The third kappa shape index (κ3) is 2.67. The summed E-state index contributed by atoms with van der Waals surface area (Å²) in [4.78, 5) is 14.4. The van der Waals surface area contributed by atoms with Crippen LogP contribution in [0.1, 0.15) is 24.2 Å². The summed E-state index contributed by atoms with van der Waals surface area (Å²) >= 11 is 0. The molecule has 0 aliphatic carbocycles. The number of carbonyl (C=O) groups is 1.